The van der Waals surface area contributed by atoms with Crippen LogP contribution in [0, 0.1) is 41.9 Å². The lowest BCUT2D eigenvalue weighted by atomic mass is 9.63. The molecule has 0 aromatic heterocycles. The number of aryl methyl sites for hydroxylation is 2. The van der Waals surface area contributed by atoms with Crippen molar-refractivity contribution in [1.29, 1.82) is 10.5 Å². The summed E-state index contributed by atoms with van der Waals surface area (Å²) in [5.74, 6) is -4.32. The van der Waals surface area contributed by atoms with E-state index in [1.165, 1.54) is 42.5 Å². The molecule has 37 heavy (non-hydrogen) atoms. The second-order valence-corrected chi connectivity index (χ2v) is 11.2. The first-order valence-electron chi connectivity index (χ1n) is 11.6. The molecule has 0 saturated carbocycles. The zero-order chi connectivity index (χ0) is 27.2. The van der Waals surface area contributed by atoms with E-state index in [1.807, 2.05) is 19.1 Å². The second kappa shape index (κ2) is 9.14. The lowest BCUT2D eigenvalue weighted by molar-refractivity contribution is 0.0157. The van der Waals surface area contributed by atoms with Gasteiger partial charge in [-0.2, -0.15) is 10.5 Å². The van der Waals surface area contributed by atoms with Crippen molar-refractivity contribution in [3.63, 3.8) is 0 Å². The average molecular weight is 518 g/mol. The third-order valence-electron chi connectivity index (χ3n) is 6.82. The molecule has 0 fully saturated rings. The first-order chi connectivity index (χ1) is 17.4. The lowest BCUT2D eigenvalue weighted by Gasteiger charge is -2.48. The number of nitrogens with zero attached hydrogens (tertiary/aromatic N) is 3. The minimum atomic E-state index is -4.44. The third kappa shape index (κ3) is 4.08. The van der Waals surface area contributed by atoms with Gasteiger partial charge in [0.2, 0.25) is 0 Å². The topological polar surface area (TPSA) is 85.0 Å². The molecule has 5 nitrogen and oxygen atoms in total. The fourth-order valence-electron chi connectivity index (χ4n) is 5.06. The van der Waals surface area contributed by atoms with Gasteiger partial charge >= 0.3 is 0 Å². The van der Waals surface area contributed by atoms with E-state index in [4.69, 9.17) is 0 Å². The van der Waals surface area contributed by atoms with E-state index >= 15 is 0 Å². The number of alkyl halides is 2. The van der Waals surface area contributed by atoms with Crippen molar-refractivity contribution >= 4 is 15.7 Å². The van der Waals surface area contributed by atoms with Crippen molar-refractivity contribution in [2.75, 3.05) is 4.31 Å². The molecule has 1 heterocycles. The Labute approximate surface area is 216 Å². The molecule has 0 amide bonds. The number of nitriles is 2. The number of hydrogen-bond donors (Lipinski definition) is 0. The number of fused-ring (bicyclic) bond motifs is 1. The molecule has 1 unspecified atom stereocenters. The van der Waals surface area contributed by atoms with Crippen LogP contribution in [0.3, 0.4) is 0 Å². The fraction of sp³-hybridized carbons (Fsp3) is 0.241. The van der Waals surface area contributed by atoms with Crippen LogP contribution in [-0.4, -0.2) is 8.42 Å². The number of rotatable bonds is 5. The predicted octanol–water partition coefficient (Wildman–Crippen LogP) is 6.67. The van der Waals surface area contributed by atoms with Crippen molar-refractivity contribution in [3.8, 4) is 12.1 Å². The molecule has 1 aliphatic rings. The van der Waals surface area contributed by atoms with Gasteiger partial charge in [0.05, 0.1) is 22.7 Å². The number of hydrogen-bond acceptors (Lipinski definition) is 4. The standard InChI is InChI=1S/C29H25F2N3O2S/c1-5-24-23-16-20(3)12-15-26(23)34(37(35,36)21-13-10-19(2)11-14-21)27(29(24,17-32)18-33)22-8-6-7-9-25(22)28(4,30)31/h5-16,24,27H,1H2,2-4H3/t24-,27?/m1/s1. The number of sulfonamides is 1. The fourth-order valence-corrected chi connectivity index (χ4v) is 6.75. The quantitative estimate of drug-likeness (QED) is 0.354. The van der Waals surface area contributed by atoms with Crippen LogP contribution >= 0.6 is 0 Å². The van der Waals surface area contributed by atoms with Crippen LogP contribution in [0.5, 0.6) is 0 Å². The van der Waals surface area contributed by atoms with Crippen molar-refractivity contribution in [2.24, 2.45) is 5.41 Å². The molecule has 8 heteroatoms. The Bertz CT molecular complexity index is 1550. The minimum absolute atomic E-state index is 0.0859. The monoisotopic (exact) mass is 517 g/mol. The van der Waals surface area contributed by atoms with Gasteiger partial charge in [0.1, 0.15) is 6.04 Å². The Morgan fingerprint density at radius 1 is 0.973 bits per heavy atom. The number of halogens is 2. The molecule has 3 aromatic rings. The van der Waals surface area contributed by atoms with E-state index in [2.05, 4.69) is 6.58 Å². The first-order valence-corrected chi connectivity index (χ1v) is 13.0. The molecule has 0 N–H and O–H groups in total. The van der Waals surface area contributed by atoms with Gasteiger partial charge in [0.25, 0.3) is 15.9 Å². The van der Waals surface area contributed by atoms with E-state index in [-0.39, 0.29) is 16.1 Å². The summed E-state index contributed by atoms with van der Waals surface area (Å²) in [6, 6.07) is 19.1. The molecule has 0 spiro atoms. The summed E-state index contributed by atoms with van der Waals surface area (Å²) in [6.45, 7) is 8.16. The molecule has 0 saturated heterocycles. The predicted molar refractivity (Wildman–Crippen MR) is 137 cm³/mol. The SMILES string of the molecule is C=C[C@@H]1c2cc(C)ccc2N(S(=O)(=O)c2ccc(C)cc2)C(c2ccccc2C(C)(F)F)C1(C#N)C#N. The van der Waals surface area contributed by atoms with Crippen LogP contribution in [0.25, 0.3) is 0 Å². The van der Waals surface area contributed by atoms with Crippen LogP contribution < -0.4 is 4.31 Å². The summed E-state index contributed by atoms with van der Waals surface area (Å²) in [7, 11) is -4.44. The Morgan fingerprint density at radius 3 is 2.14 bits per heavy atom. The normalized spacial score (nSPS) is 18.8. The summed E-state index contributed by atoms with van der Waals surface area (Å²) < 4.78 is 59.4. The van der Waals surface area contributed by atoms with Gasteiger partial charge in [0.15, 0.2) is 5.41 Å². The Hall–Kier alpha value is -4.01. The maximum atomic E-state index is 14.9. The van der Waals surface area contributed by atoms with E-state index in [0.29, 0.717) is 12.5 Å². The Morgan fingerprint density at radius 2 is 1.57 bits per heavy atom. The van der Waals surface area contributed by atoms with Gasteiger partial charge in [-0.1, -0.05) is 65.7 Å². The molecule has 3 aromatic carbocycles. The van der Waals surface area contributed by atoms with Gasteiger partial charge < -0.3 is 0 Å². The maximum Gasteiger partial charge on any atom is 0.270 e. The molecule has 2 atom stereocenters. The van der Waals surface area contributed by atoms with Crippen molar-refractivity contribution < 1.29 is 17.2 Å². The van der Waals surface area contributed by atoms with E-state index < -0.39 is 38.9 Å². The van der Waals surface area contributed by atoms with Crippen LogP contribution in [0.1, 0.15) is 46.7 Å². The lowest BCUT2D eigenvalue weighted by Crippen LogP contribution is -2.50. The maximum absolute atomic E-state index is 14.9. The zero-order valence-corrected chi connectivity index (χ0v) is 21.4. The molecule has 0 aliphatic carbocycles. The highest BCUT2D eigenvalue weighted by molar-refractivity contribution is 7.92. The third-order valence-corrected chi connectivity index (χ3v) is 8.62. The van der Waals surface area contributed by atoms with Crippen LogP contribution in [0.15, 0.2) is 84.3 Å². The summed E-state index contributed by atoms with van der Waals surface area (Å²) in [4.78, 5) is -0.0859. The summed E-state index contributed by atoms with van der Waals surface area (Å²) in [5, 5.41) is 21.0. The zero-order valence-electron chi connectivity index (χ0n) is 20.6. The van der Waals surface area contributed by atoms with Crippen LogP contribution in [0.2, 0.25) is 0 Å². The van der Waals surface area contributed by atoms with Crippen molar-refractivity contribution in [2.45, 2.75) is 43.5 Å². The van der Waals surface area contributed by atoms with E-state index in [0.717, 1.165) is 15.4 Å². The largest absolute Gasteiger partial charge is 0.270 e. The Kier molecular flexibility index (Phi) is 6.44. The van der Waals surface area contributed by atoms with Gasteiger partial charge in [-0.15, -0.1) is 6.58 Å². The van der Waals surface area contributed by atoms with Gasteiger partial charge in [-0.05, 0) is 43.2 Å². The number of benzene rings is 3. The molecule has 0 bridgehead atoms. The van der Waals surface area contributed by atoms with Gasteiger partial charge in [-0.3, -0.25) is 4.31 Å². The molecule has 4 rings (SSSR count). The summed E-state index contributed by atoms with van der Waals surface area (Å²) in [6.07, 6.45) is 1.42. The number of allylic oxidation sites excluding steroid dienone is 1. The minimum Gasteiger partial charge on any atom is -0.256 e. The molecule has 188 valence electrons. The number of anilines is 1. The van der Waals surface area contributed by atoms with Crippen molar-refractivity contribution in [1.82, 2.24) is 0 Å². The highest BCUT2D eigenvalue weighted by atomic mass is 32.2. The van der Waals surface area contributed by atoms with Gasteiger partial charge in [-0.25, -0.2) is 17.2 Å². The molecular formula is C29H25F2N3O2S. The molecule has 1 aliphatic heterocycles. The van der Waals surface area contributed by atoms with E-state index in [1.54, 1.807) is 37.3 Å². The van der Waals surface area contributed by atoms with E-state index in [9.17, 15) is 27.7 Å². The first kappa shape index (κ1) is 26.1. The second-order valence-electron chi connectivity index (χ2n) is 9.36. The van der Waals surface area contributed by atoms with Gasteiger partial charge in [0, 0.05) is 18.4 Å². The van der Waals surface area contributed by atoms with Crippen LogP contribution in [0.4, 0.5) is 14.5 Å². The summed E-state index contributed by atoms with van der Waals surface area (Å²) in [5.41, 5.74) is -0.452. The molecule has 0 radical (unpaired) electrons. The van der Waals surface area contributed by atoms with Crippen LogP contribution in [-0.2, 0) is 15.9 Å². The average Bonchev–Trinajstić information content (AvgIpc) is 2.86. The smallest absolute Gasteiger partial charge is 0.256 e. The summed E-state index contributed by atoms with van der Waals surface area (Å²) >= 11 is 0. The highest BCUT2D eigenvalue weighted by Crippen LogP contribution is 2.59. The van der Waals surface area contributed by atoms with Crippen molar-refractivity contribution in [3.05, 3.63) is 107 Å². The Balaban J connectivity index is 2.20. The molecular weight excluding hydrogens is 492 g/mol. The highest BCUT2D eigenvalue weighted by Gasteiger charge is 2.58.